The molecule has 0 bridgehead atoms. The molecule has 41 heavy (non-hydrogen) atoms. The SMILES string of the molecule is CC1CNC(=O)C(CC(=O)N2Cc3ccccc3CC2CO)CC=CCC(NC(=O)OCc2ccccc2)C(=O)O1. The molecule has 10 nitrogen and oxygen atoms in total. The molecule has 0 aliphatic carbocycles. The van der Waals surface area contributed by atoms with Gasteiger partial charge in [0, 0.05) is 13.0 Å². The van der Waals surface area contributed by atoms with Crippen LogP contribution in [-0.4, -0.2) is 65.2 Å². The van der Waals surface area contributed by atoms with E-state index >= 15 is 0 Å². The minimum absolute atomic E-state index is 0.0313. The average molecular weight is 564 g/mol. The maximum absolute atomic E-state index is 13.4. The number of aliphatic hydroxyl groups is 1. The number of alkyl carbamates (subject to hydrolysis) is 1. The van der Waals surface area contributed by atoms with E-state index in [1.54, 1.807) is 24.0 Å². The summed E-state index contributed by atoms with van der Waals surface area (Å²) in [6.45, 7) is 1.97. The highest BCUT2D eigenvalue weighted by Gasteiger charge is 2.32. The molecule has 0 aromatic heterocycles. The third-order valence-electron chi connectivity index (χ3n) is 7.31. The first-order chi connectivity index (χ1) is 19.8. The maximum atomic E-state index is 13.4. The fraction of sp³-hybridized carbons (Fsp3) is 0.419. The van der Waals surface area contributed by atoms with Crippen LogP contribution in [0.5, 0.6) is 0 Å². The number of benzene rings is 2. The smallest absolute Gasteiger partial charge is 0.408 e. The van der Waals surface area contributed by atoms with Crippen LogP contribution >= 0.6 is 0 Å². The van der Waals surface area contributed by atoms with E-state index in [9.17, 15) is 24.3 Å². The molecular formula is C31H37N3O7. The summed E-state index contributed by atoms with van der Waals surface area (Å²) in [6.07, 6.45) is 2.93. The van der Waals surface area contributed by atoms with Crippen LogP contribution in [-0.2, 0) is 43.4 Å². The van der Waals surface area contributed by atoms with Gasteiger partial charge < -0.3 is 30.1 Å². The molecule has 0 radical (unpaired) electrons. The normalized spacial score (nSPS) is 23.2. The third kappa shape index (κ3) is 8.40. The van der Waals surface area contributed by atoms with Crippen molar-refractivity contribution in [3.05, 3.63) is 83.4 Å². The lowest BCUT2D eigenvalue weighted by molar-refractivity contribution is -0.151. The van der Waals surface area contributed by atoms with Gasteiger partial charge in [0.15, 0.2) is 0 Å². The number of cyclic esters (lactones) is 1. The fourth-order valence-corrected chi connectivity index (χ4v) is 4.98. The van der Waals surface area contributed by atoms with Crippen molar-refractivity contribution in [2.75, 3.05) is 13.2 Å². The fourth-order valence-electron chi connectivity index (χ4n) is 4.98. The Morgan fingerprint density at radius 1 is 1.05 bits per heavy atom. The Balaban J connectivity index is 1.39. The van der Waals surface area contributed by atoms with Gasteiger partial charge in [0.05, 0.1) is 25.1 Å². The standard InChI is InChI=1S/C31H37N3O7/c1-21-17-32-29(37)24(16-28(36)34-18-25-13-6-5-11-23(25)15-26(34)19-35)12-7-8-14-27(30(38)41-21)33-31(39)40-20-22-9-3-2-4-10-22/h2-11,13,21,24,26-27,35H,12,14-20H2,1H3,(H,32,37)(H,33,39). The number of carbonyl (C=O) groups excluding carboxylic acids is 4. The molecule has 0 fully saturated rings. The monoisotopic (exact) mass is 563 g/mol. The number of nitrogens with one attached hydrogen (secondary N) is 2. The molecule has 3 N–H and O–H groups in total. The third-order valence-corrected chi connectivity index (χ3v) is 7.31. The number of hydrogen-bond donors (Lipinski definition) is 3. The quantitative estimate of drug-likeness (QED) is 0.363. The largest absolute Gasteiger partial charge is 0.459 e. The second kappa shape index (κ2) is 14.5. The Bertz CT molecular complexity index is 1250. The summed E-state index contributed by atoms with van der Waals surface area (Å²) in [5, 5.41) is 15.3. The number of allylic oxidation sites excluding steroid dienone is 1. The average Bonchev–Trinajstić information content (AvgIpc) is 2.98. The minimum atomic E-state index is -0.981. The first kappa shape index (κ1) is 29.8. The summed E-state index contributed by atoms with van der Waals surface area (Å²) >= 11 is 0. The van der Waals surface area contributed by atoms with Gasteiger partial charge in [-0.25, -0.2) is 9.59 Å². The Morgan fingerprint density at radius 2 is 1.76 bits per heavy atom. The number of aliphatic hydroxyl groups excluding tert-OH is 1. The van der Waals surface area contributed by atoms with Crippen molar-refractivity contribution < 1.29 is 33.8 Å². The highest BCUT2D eigenvalue weighted by atomic mass is 16.6. The number of amides is 3. The van der Waals surface area contributed by atoms with E-state index in [1.165, 1.54) is 0 Å². The minimum Gasteiger partial charge on any atom is -0.459 e. The number of ether oxygens (including phenoxy) is 2. The van der Waals surface area contributed by atoms with E-state index in [0.29, 0.717) is 13.0 Å². The van der Waals surface area contributed by atoms with Crippen molar-refractivity contribution in [3.8, 4) is 0 Å². The lowest BCUT2D eigenvalue weighted by atomic mass is 9.92. The number of carbonyl (C=O) groups is 4. The van der Waals surface area contributed by atoms with Gasteiger partial charge in [-0.05, 0) is 42.9 Å². The molecule has 2 aliphatic heterocycles. The summed E-state index contributed by atoms with van der Waals surface area (Å²) in [7, 11) is 0. The number of nitrogens with zero attached hydrogens (tertiary/aromatic N) is 1. The topological polar surface area (TPSA) is 134 Å². The molecule has 0 spiro atoms. The molecule has 10 heteroatoms. The van der Waals surface area contributed by atoms with Gasteiger partial charge in [-0.3, -0.25) is 9.59 Å². The maximum Gasteiger partial charge on any atom is 0.408 e. The van der Waals surface area contributed by atoms with Gasteiger partial charge in [-0.2, -0.15) is 0 Å². The van der Waals surface area contributed by atoms with Crippen molar-refractivity contribution in [3.63, 3.8) is 0 Å². The Hall–Kier alpha value is -4.18. The van der Waals surface area contributed by atoms with Crippen molar-refractivity contribution in [2.45, 2.75) is 63.9 Å². The van der Waals surface area contributed by atoms with E-state index in [-0.39, 0.29) is 56.9 Å². The lowest BCUT2D eigenvalue weighted by Gasteiger charge is -2.36. The highest BCUT2D eigenvalue weighted by molar-refractivity contribution is 5.86. The molecule has 0 saturated heterocycles. The second-order valence-electron chi connectivity index (χ2n) is 10.4. The van der Waals surface area contributed by atoms with E-state index in [4.69, 9.17) is 9.47 Å². The van der Waals surface area contributed by atoms with Crippen molar-refractivity contribution >= 4 is 23.9 Å². The summed E-state index contributed by atoms with van der Waals surface area (Å²) in [6, 6.07) is 15.7. The molecule has 2 aliphatic rings. The zero-order valence-electron chi connectivity index (χ0n) is 23.2. The van der Waals surface area contributed by atoms with E-state index in [0.717, 1.165) is 16.7 Å². The van der Waals surface area contributed by atoms with Gasteiger partial charge >= 0.3 is 12.1 Å². The van der Waals surface area contributed by atoms with Gasteiger partial charge in [0.25, 0.3) is 0 Å². The molecule has 3 amide bonds. The van der Waals surface area contributed by atoms with E-state index < -0.39 is 30.1 Å². The molecule has 4 unspecified atom stereocenters. The Labute approximate surface area is 239 Å². The number of hydrogen-bond acceptors (Lipinski definition) is 7. The van der Waals surface area contributed by atoms with Crippen LogP contribution in [0.4, 0.5) is 4.79 Å². The van der Waals surface area contributed by atoms with Gasteiger partial charge in [-0.1, -0.05) is 66.7 Å². The zero-order valence-corrected chi connectivity index (χ0v) is 23.2. The van der Waals surface area contributed by atoms with E-state index in [2.05, 4.69) is 10.6 Å². The molecule has 4 atom stereocenters. The molecule has 0 saturated carbocycles. The highest BCUT2D eigenvalue weighted by Crippen LogP contribution is 2.25. The number of fused-ring (bicyclic) bond motifs is 1. The van der Waals surface area contributed by atoms with Crippen LogP contribution in [0.25, 0.3) is 0 Å². The first-order valence-electron chi connectivity index (χ1n) is 13.9. The molecule has 2 heterocycles. The lowest BCUT2D eigenvalue weighted by Crippen LogP contribution is -2.48. The number of esters is 1. The molecule has 2 aromatic carbocycles. The van der Waals surface area contributed by atoms with Gasteiger partial charge in [0.2, 0.25) is 11.8 Å². The molecule has 4 rings (SSSR count). The Kier molecular flexibility index (Phi) is 10.5. The van der Waals surface area contributed by atoms with Gasteiger partial charge in [0.1, 0.15) is 18.8 Å². The number of rotatable bonds is 6. The van der Waals surface area contributed by atoms with E-state index in [1.807, 2.05) is 54.6 Å². The van der Waals surface area contributed by atoms with Crippen LogP contribution in [0, 0.1) is 5.92 Å². The first-order valence-corrected chi connectivity index (χ1v) is 13.9. The summed E-state index contributed by atoms with van der Waals surface area (Å²) in [5.74, 6) is -1.82. The molecule has 218 valence electrons. The van der Waals surface area contributed by atoms with Crippen LogP contribution in [0.15, 0.2) is 66.7 Å². The zero-order chi connectivity index (χ0) is 29.2. The van der Waals surface area contributed by atoms with Crippen LogP contribution in [0.2, 0.25) is 0 Å². The molecular weight excluding hydrogens is 526 g/mol. The van der Waals surface area contributed by atoms with Crippen molar-refractivity contribution in [1.29, 1.82) is 0 Å². The van der Waals surface area contributed by atoms with Crippen molar-refractivity contribution in [1.82, 2.24) is 15.5 Å². The summed E-state index contributed by atoms with van der Waals surface area (Å²) < 4.78 is 10.7. The Morgan fingerprint density at radius 3 is 2.51 bits per heavy atom. The van der Waals surface area contributed by atoms with Crippen molar-refractivity contribution in [2.24, 2.45) is 5.92 Å². The molecule has 2 aromatic rings. The van der Waals surface area contributed by atoms with Gasteiger partial charge in [-0.15, -0.1) is 0 Å². The predicted octanol–water partition coefficient (Wildman–Crippen LogP) is 2.63. The summed E-state index contributed by atoms with van der Waals surface area (Å²) in [4.78, 5) is 53.2. The second-order valence-corrected chi connectivity index (χ2v) is 10.4. The predicted molar refractivity (Wildman–Crippen MR) is 150 cm³/mol. The van der Waals surface area contributed by atoms with Crippen LogP contribution in [0.1, 0.15) is 42.9 Å². The van der Waals surface area contributed by atoms with Crippen LogP contribution < -0.4 is 10.6 Å². The summed E-state index contributed by atoms with van der Waals surface area (Å²) in [5.41, 5.74) is 2.95. The van der Waals surface area contributed by atoms with Crippen LogP contribution in [0.3, 0.4) is 0 Å².